The van der Waals surface area contributed by atoms with E-state index in [9.17, 15) is 13.2 Å². The lowest BCUT2D eigenvalue weighted by Crippen LogP contribution is -2.56. The summed E-state index contributed by atoms with van der Waals surface area (Å²) in [6, 6.07) is 4.69. The topological polar surface area (TPSA) is 12.5 Å². The number of likely N-dealkylation sites (tertiary alicyclic amines) is 1. The maximum absolute atomic E-state index is 13.2. The lowest BCUT2D eigenvalue weighted by molar-refractivity contribution is -0.130. The second kappa shape index (κ2) is 7.49. The minimum atomic E-state index is -2.46. The number of hydrogen-bond donors (Lipinski definition) is 0. The third kappa shape index (κ3) is 5.51. The number of benzene rings is 1. The van der Waals surface area contributed by atoms with E-state index in [0.29, 0.717) is 16.8 Å². The molecule has 0 radical (unpaired) electrons. The Morgan fingerprint density at radius 1 is 1.14 bits per heavy atom. The predicted octanol–water partition coefficient (Wildman–Crippen LogP) is 4.48. The number of ether oxygens (including phenoxy) is 1. The van der Waals surface area contributed by atoms with Crippen molar-refractivity contribution in [3.05, 3.63) is 28.5 Å². The van der Waals surface area contributed by atoms with Crippen molar-refractivity contribution in [2.75, 3.05) is 26.2 Å². The van der Waals surface area contributed by atoms with E-state index in [1.54, 1.807) is 17.0 Å². The van der Waals surface area contributed by atoms with Gasteiger partial charge in [-0.1, -0.05) is 12.8 Å². The normalized spacial score (nSPS) is 17.5. The van der Waals surface area contributed by atoms with Gasteiger partial charge in [0.2, 0.25) is 0 Å². The number of nitrogens with zero attached hydrogens (tertiary/aromatic N) is 1. The molecule has 1 aromatic rings. The van der Waals surface area contributed by atoms with E-state index >= 15 is 0 Å². The molecule has 0 amide bonds. The first-order valence-corrected chi connectivity index (χ1v) is 7.94. The molecule has 0 aromatic heterocycles. The predicted molar refractivity (Wildman–Crippen MR) is 79.5 cm³/mol. The molecule has 0 unspecified atom stereocenters. The molecular weight excluding hydrogens is 347 g/mol. The van der Waals surface area contributed by atoms with Crippen molar-refractivity contribution in [3.8, 4) is 5.75 Å². The van der Waals surface area contributed by atoms with Crippen LogP contribution in [0.4, 0.5) is 13.2 Å². The van der Waals surface area contributed by atoms with Gasteiger partial charge in [-0.25, -0.2) is 13.2 Å². The minimum absolute atomic E-state index is 0.0920. The monoisotopic (exact) mass is 365 g/mol. The Hall–Kier alpha value is -0.750. The second-order valence-electron chi connectivity index (χ2n) is 5.41. The maximum atomic E-state index is 13.2. The van der Waals surface area contributed by atoms with Gasteiger partial charge in [-0.05, 0) is 47.4 Å². The summed E-state index contributed by atoms with van der Waals surface area (Å²) in [6.45, 7) is 1.10. The fourth-order valence-corrected chi connectivity index (χ4v) is 2.56. The highest BCUT2D eigenvalue weighted by Crippen LogP contribution is 2.26. The van der Waals surface area contributed by atoms with Crippen LogP contribution in [-0.2, 0) is 0 Å². The molecule has 1 saturated heterocycles. The quantitative estimate of drug-likeness (QED) is 0.629. The van der Waals surface area contributed by atoms with E-state index < -0.39 is 5.92 Å². The van der Waals surface area contributed by atoms with E-state index in [4.69, 9.17) is 4.74 Å². The Morgan fingerprint density at radius 2 is 1.86 bits per heavy atom. The van der Waals surface area contributed by atoms with E-state index in [2.05, 4.69) is 15.9 Å². The molecule has 0 atom stereocenters. The molecule has 118 valence electrons. The standard InChI is InChI=1S/C15H19BrF3NO/c16-13-6-5-12(9-14(13)17)21-8-4-2-1-3-7-20-10-15(18,19)11-20/h5-6,9H,1-4,7-8,10-11H2. The second-order valence-corrected chi connectivity index (χ2v) is 6.26. The minimum Gasteiger partial charge on any atom is -0.493 e. The van der Waals surface area contributed by atoms with Crippen LogP contribution in [0.15, 0.2) is 22.7 Å². The van der Waals surface area contributed by atoms with Crippen LogP contribution < -0.4 is 4.74 Å². The van der Waals surface area contributed by atoms with Gasteiger partial charge in [-0.3, -0.25) is 4.90 Å². The van der Waals surface area contributed by atoms with Crippen molar-refractivity contribution in [1.82, 2.24) is 4.90 Å². The third-order valence-electron chi connectivity index (χ3n) is 3.44. The first-order chi connectivity index (χ1) is 9.96. The van der Waals surface area contributed by atoms with Gasteiger partial charge in [0.1, 0.15) is 11.6 Å². The zero-order valence-corrected chi connectivity index (χ0v) is 13.3. The fraction of sp³-hybridized carbons (Fsp3) is 0.600. The molecule has 0 saturated carbocycles. The van der Waals surface area contributed by atoms with Crippen molar-refractivity contribution in [1.29, 1.82) is 0 Å². The smallest absolute Gasteiger partial charge is 0.272 e. The average Bonchev–Trinajstić information content (AvgIpc) is 2.39. The van der Waals surface area contributed by atoms with Gasteiger partial charge in [-0.2, -0.15) is 0 Å². The largest absolute Gasteiger partial charge is 0.493 e. The van der Waals surface area contributed by atoms with E-state index in [1.807, 2.05) is 0 Å². The van der Waals surface area contributed by atoms with Crippen LogP contribution in [0.5, 0.6) is 5.75 Å². The zero-order chi connectivity index (χ0) is 15.3. The molecule has 1 aromatic carbocycles. The first-order valence-electron chi connectivity index (χ1n) is 7.14. The summed E-state index contributed by atoms with van der Waals surface area (Å²) >= 11 is 3.09. The van der Waals surface area contributed by atoms with Crippen LogP contribution in [0.3, 0.4) is 0 Å². The maximum Gasteiger partial charge on any atom is 0.272 e. The molecule has 6 heteroatoms. The number of unbranched alkanes of at least 4 members (excludes halogenated alkanes) is 3. The van der Waals surface area contributed by atoms with Gasteiger partial charge >= 0.3 is 0 Å². The van der Waals surface area contributed by atoms with Gasteiger partial charge < -0.3 is 4.74 Å². The molecule has 0 N–H and O–H groups in total. The van der Waals surface area contributed by atoms with Gasteiger partial charge in [0.05, 0.1) is 24.2 Å². The Kier molecular flexibility index (Phi) is 5.93. The summed E-state index contributed by atoms with van der Waals surface area (Å²) < 4.78 is 44.3. The third-order valence-corrected chi connectivity index (χ3v) is 4.08. The molecule has 2 nitrogen and oxygen atoms in total. The highest BCUT2D eigenvalue weighted by atomic mass is 79.9. The van der Waals surface area contributed by atoms with Crippen LogP contribution in [0.25, 0.3) is 0 Å². The molecule has 0 spiro atoms. The molecule has 1 aliphatic heterocycles. The summed E-state index contributed by atoms with van der Waals surface area (Å²) in [6.07, 6.45) is 3.81. The van der Waals surface area contributed by atoms with Crippen molar-refractivity contribution in [3.63, 3.8) is 0 Å². The number of hydrogen-bond acceptors (Lipinski definition) is 2. The van der Waals surface area contributed by atoms with E-state index in [0.717, 1.165) is 32.2 Å². The number of rotatable bonds is 8. The van der Waals surface area contributed by atoms with Crippen LogP contribution in [0, 0.1) is 5.82 Å². The summed E-state index contributed by atoms with van der Waals surface area (Å²) in [5.41, 5.74) is 0. The van der Waals surface area contributed by atoms with Crippen molar-refractivity contribution in [2.24, 2.45) is 0 Å². The highest BCUT2D eigenvalue weighted by Gasteiger charge is 2.42. The van der Waals surface area contributed by atoms with Crippen molar-refractivity contribution in [2.45, 2.75) is 31.6 Å². The number of alkyl halides is 2. The molecule has 1 aliphatic rings. The number of halogens is 4. The summed E-state index contributed by atoms with van der Waals surface area (Å²) in [4.78, 5) is 1.78. The SMILES string of the molecule is Fc1cc(OCCCCCCN2CC(F)(F)C2)ccc1Br. The molecule has 0 bridgehead atoms. The fourth-order valence-electron chi connectivity index (χ4n) is 2.31. The van der Waals surface area contributed by atoms with Crippen LogP contribution in [0.1, 0.15) is 25.7 Å². The van der Waals surface area contributed by atoms with E-state index in [-0.39, 0.29) is 18.9 Å². The summed E-state index contributed by atoms with van der Waals surface area (Å²) in [7, 11) is 0. The van der Waals surface area contributed by atoms with Gasteiger partial charge in [0.25, 0.3) is 5.92 Å². The van der Waals surface area contributed by atoms with Gasteiger partial charge in [-0.15, -0.1) is 0 Å². The molecule has 1 heterocycles. The van der Waals surface area contributed by atoms with Gasteiger partial charge in [0.15, 0.2) is 0 Å². The summed E-state index contributed by atoms with van der Waals surface area (Å²) in [5.74, 6) is -2.27. The van der Waals surface area contributed by atoms with Crippen molar-refractivity contribution >= 4 is 15.9 Å². The van der Waals surface area contributed by atoms with Crippen LogP contribution in [-0.4, -0.2) is 37.1 Å². The highest BCUT2D eigenvalue weighted by molar-refractivity contribution is 9.10. The van der Waals surface area contributed by atoms with Crippen molar-refractivity contribution < 1.29 is 17.9 Å². The zero-order valence-electron chi connectivity index (χ0n) is 11.8. The van der Waals surface area contributed by atoms with Crippen LogP contribution in [0.2, 0.25) is 0 Å². The first kappa shape index (κ1) is 16.6. The van der Waals surface area contributed by atoms with Gasteiger partial charge in [0, 0.05) is 6.07 Å². The Bertz CT molecular complexity index is 462. The molecule has 21 heavy (non-hydrogen) atoms. The Morgan fingerprint density at radius 3 is 2.52 bits per heavy atom. The average molecular weight is 366 g/mol. The Labute approximate surface area is 131 Å². The molecule has 2 rings (SSSR count). The molecular formula is C15H19BrF3NO. The summed E-state index contributed by atoms with van der Waals surface area (Å²) in [5, 5.41) is 0. The lowest BCUT2D eigenvalue weighted by atomic mass is 10.1. The molecule has 0 aliphatic carbocycles. The lowest BCUT2D eigenvalue weighted by Gasteiger charge is -2.38. The Balaban J connectivity index is 1.48. The van der Waals surface area contributed by atoms with Crippen LogP contribution >= 0.6 is 15.9 Å². The van der Waals surface area contributed by atoms with E-state index in [1.165, 1.54) is 6.07 Å². The molecule has 1 fully saturated rings.